The fraction of sp³-hybridized carbons (Fsp3) is 0.318. The van der Waals surface area contributed by atoms with Gasteiger partial charge in [-0.2, -0.15) is 4.31 Å². The van der Waals surface area contributed by atoms with Gasteiger partial charge in [0.15, 0.2) is 0 Å². The first kappa shape index (κ1) is 26.0. The molecule has 0 radical (unpaired) electrons. The number of amides is 4. The van der Waals surface area contributed by atoms with Crippen molar-refractivity contribution in [2.24, 2.45) is 0 Å². The molecule has 182 valence electrons. The second-order valence-electron chi connectivity index (χ2n) is 7.74. The summed E-state index contributed by atoms with van der Waals surface area (Å²) in [5.74, 6) is -1.24. The van der Waals surface area contributed by atoms with Gasteiger partial charge >= 0.3 is 6.03 Å². The summed E-state index contributed by atoms with van der Waals surface area (Å²) in [6, 6.07) is 9.51. The molecule has 1 fully saturated rings. The van der Waals surface area contributed by atoms with Crippen molar-refractivity contribution >= 4 is 56.8 Å². The molecule has 2 N–H and O–H groups in total. The van der Waals surface area contributed by atoms with E-state index in [1.165, 1.54) is 47.6 Å². The van der Waals surface area contributed by atoms with Gasteiger partial charge in [0.2, 0.25) is 15.9 Å². The Labute approximate surface area is 208 Å². The summed E-state index contributed by atoms with van der Waals surface area (Å²) in [6.07, 6.45) is 0. The van der Waals surface area contributed by atoms with Crippen LogP contribution in [0.25, 0.3) is 0 Å². The van der Waals surface area contributed by atoms with Crippen LogP contribution >= 0.6 is 23.2 Å². The summed E-state index contributed by atoms with van der Waals surface area (Å²) in [5, 5.41) is 5.69. The number of anilines is 1. The van der Waals surface area contributed by atoms with E-state index in [0.29, 0.717) is 29.4 Å². The standard InChI is InChI=1S/C22H24Cl2N4O5S/c1-4-27(5-2)34(32,33)16-9-7-15(8-10-16)25-19(29)13-28-20(30)22(3,26-21(28)31)14-6-11-17(23)18(24)12-14/h6-12H,4-5,13H2,1-3H3,(H,25,29)(H,26,31)/t22-/m0/s1. The number of nitrogens with zero attached hydrogens (tertiary/aromatic N) is 2. The van der Waals surface area contributed by atoms with E-state index in [1.807, 2.05) is 0 Å². The zero-order valence-corrected chi connectivity index (χ0v) is 21.1. The number of benzene rings is 2. The maximum absolute atomic E-state index is 13.0. The molecule has 1 saturated heterocycles. The molecule has 9 nitrogen and oxygen atoms in total. The second kappa shape index (κ2) is 9.91. The molecule has 2 aromatic rings. The van der Waals surface area contributed by atoms with Crippen LogP contribution in [-0.2, 0) is 25.2 Å². The Morgan fingerprint density at radius 3 is 2.24 bits per heavy atom. The van der Waals surface area contributed by atoms with Gasteiger partial charge in [0.25, 0.3) is 5.91 Å². The Morgan fingerprint density at radius 1 is 1.06 bits per heavy atom. The molecule has 0 aromatic heterocycles. The van der Waals surface area contributed by atoms with Crippen molar-refractivity contribution < 1.29 is 22.8 Å². The van der Waals surface area contributed by atoms with Crippen LogP contribution < -0.4 is 10.6 Å². The SMILES string of the molecule is CCN(CC)S(=O)(=O)c1ccc(NC(=O)CN2C(=O)N[C@@](C)(c3ccc(Cl)c(Cl)c3)C2=O)cc1. The molecule has 1 atom stereocenters. The molecular weight excluding hydrogens is 503 g/mol. The summed E-state index contributed by atoms with van der Waals surface area (Å²) >= 11 is 12.0. The number of sulfonamides is 1. The van der Waals surface area contributed by atoms with Crippen molar-refractivity contribution in [3.8, 4) is 0 Å². The highest BCUT2D eigenvalue weighted by Crippen LogP contribution is 2.33. The minimum absolute atomic E-state index is 0.0979. The lowest BCUT2D eigenvalue weighted by Crippen LogP contribution is -2.42. The normalized spacial score (nSPS) is 18.4. The van der Waals surface area contributed by atoms with Gasteiger partial charge in [0.1, 0.15) is 12.1 Å². The maximum Gasteiger partial charge on any atom is 0.325 e. The molecule has 12 heteroatoms. The monoisotopic (exact) mass is 526 g/mol. The molecule has 1 heterocycles. The summed E-state index contributed by atoms with van der Waals surface area (Å²) in [7, 11) is -3.63. The van der Waals surface area contributed by atoms with E-state index in [9.17, 15) is 22.8 Å². The second-order valence-corrected chi connectivity index (χ2v) is 10.5. The molecule has 0 spiro atoms. The highest BCUT2D eigenvalue weighted by molar-refractivity contribution is 7.89. The molecule has 0 bridgehead atoms. The van der Waals surface area contributed by atoms with Crippen molar-refractivity contribution in [3.05, 3.63) is 58.1 Å². The van der Waals surface area contributed by atoms with Crippen LogP contribution in [0.5, 0.6) is 0 Å². The predicted octanol–water partition coefficient (Wildman–Crippen LogP) is 3.43. The van der Waals surface area contributed by atoms with Crippen LogP contribution in [0.2, 0.25) is 10.0 Å². The van der Waals surface area contributed by atoms with E-state index < -0.39 is 40.0 Å². The van der Waals surface area contributed by atoms with Gasteiger partial charge in [-0.3, -0.25) is 14.5 Å². The summed E-state index contributed by atoms with van der Waals surface area (Å²) in [4.78, 5) is 38.9. The van der Waals surface area contributed by atoms with E-state index in [0.717, 1.165) is 4.90 Å². The molecule has 3 rings (SSSR count). The molecular formula is C22H24Cl2N4O5S. The molecule has 0 aliphatic carbocycles. The molecule has 0 unspecified atom stereocenters. The number of rotatable bonds is 8. The molecule has 34 heavy (non-hydrogen) atoms. The molecule has 4 amide bonds. The predicted molar refractivity (Wildman–Crippen MR) is 129 cm³/mol. The largest absolute Gasteiger partial charge is 0.325 e. The van der Waals surface area contributed by atoms with Gasteiger partial charge in [0.05, 0.1) is 14.9 Å². The van der Waals surface area contributed by atoms with Crippen molar-refractivity contribution in [3.63, 3.8) is 0 Å². The Hall–Kier alpha value is -2.66. The van der Waals surface area contributed by atoms with E-state index in [1.54, 1.807) is 19.9 Å². The highest BCUT2D eigenvalue weighted by atomic mass is 35.5. The third-order valence-corrected chi connectivity index (χ3v) is 8.36. The highest BCUT2D eigenvalue weighted by Gasteiger charge is 2.49. The van der Waals surface area contributed by atoms with Crippen LogP contribution in [0.15, 0.2) is 47.4 Å². The summed E-state index contributed by atoms with van der Waals surface area (Å²) in [5.41, 5.74) is -0.664. The van der Waals surface area contributed by atoms with Crippen molar-refractivity contribution in [2.45, 2.75) is 31.2 Å². The topological polar surface area (TPSA) is 116 Å². The average molecular weight is 527 g/mol. The van der Waals surface area contributed by atoms with Crippen LogP contribution in [0.4, 0.5) is 10.5 Å². The van der Waals surface area contributed by atoms with Gasteiger partial charge in [0, 0.05) is 18.8 Å². The number of hydrogen-bond donors (Lipinski definition) is 2. The van der Waals surface area contributed by atoms with Gasteiger partial charge in [-0.15, -0.1) is 0 Å². The number of halogens is 2. The molecule has 1 aliphatic rings. The first-order valence-electron chi connectivity index (χ1n) is 10.4. The van der Waals surface area contributed by atoms with Crippen LogP contribution in [-0.4, -0.2) is 55.1 Å². The first-order valence-corrected chi connectivity index (χ1v) is 12.6. The van der Waals surface area contributed by atoms with Crippen LogP contribution in [0.1, 0.15) is 26.3 Å². The number of carbonyl (C=O) groups excluding carboxylic acids is 3. The van der Waals surface area contributed by atoms with Crippen LogP contribution in [0, 0.1) is 0 Å². The number of carbonyl (C=O) groups is 3. The lowest BCUT2D eigenvalue weighted by molar-refractivity contribution is -0.133. The van der Waals surface area contributed by atoms with Gasteiger partial charge in [-0.25, -0.2) is 13.2 Å². The third-order valence-electron chi connectivity index (χ3n) is 5.55. The molecule has 0 saturated carbocycles. The Morgan fingerprint density at radius 2 is 1.68 bits per heavy atom. The lowest BCUT2D eigenvalue weighted by atomic mass is 9.92. The number of nitrogens with one attached hydrogen (secondary N) is 2. The minimum atomic E-state index is -3.63. The van der Waals surface area contributed by atoms with Gasteiger partial charge in [-0.05, 0) is 48.9 Å². The van der Waals surface area contributed by atoms with Gasteiger partial charge in [-0.1, -0.05) is 43.1 Å². The quantitative estimate of drug-likeness (QED) is 0.511. The van der Waals surface area contributed by atoms with E-state index in [-0.39, 0.29) is 9.92 Å². The summed E-state index contributed by atoms with van der Waals surface area (Å²) in [6.45, 7) is 5.16. The van der Waals surface area contributed by atoms with E-state index in [2.05, 4.69) is 10.6 Å². The summed E-state index contributed by atoms with van der Waals surface area (Å²) < 4.78 is 26.5. The first-order chi connectivity index (χ1) is 15.9. The van der Waals surface area contributed by atoms with Crippen molar-refractivity contribution in [2.75, 3.05) is 25.0 Å². The van der Waals surface area contributed by atoms with E-state index in [4.69, 9.17) is 23.2 Å². The van der Waals surface area contributed by atoms with E-state index >= 15 is 0 Å². The number of hydrogen-bond acceptors (Lipinski definition) is 5. The number of urea groups is 1. The third kappa shape index (κ3) is 4.90. The smallest absolute Gasteiger partial charge is 0.325 e. The fourth-order valence-corrected chi connectivity index (χ4v) is 5.37. The average Bonchev–Trinajstić information content (AvgIpc) is 3.00. The Kier molecular flexibility index (Phi) is 7.56. The lowest BCUT2D eigenvalue weighted by Gasteiger charge is -2.22. The van der Waals surface area contributed by atoms with Crippen LogP contribution in [0.3, 0.4) is 0 Å². The Bertz CT molecular complexity index is 1230. The fourth-order valence-electron chi connectivity index (χ4n) is 3.61. The molecule has 1 aliphatic heterocycles. The zero-order chi connectivity index (χ0) is 25.3. The van der Waals surface area contributed by atoms with Gasteiger partial charge < -0.3 is 10.6 Å². The minimum Gasteiger partial charge on any atom is -0.325 e. The number of imide groups is 1. The molecule has 2 aromatic carbocycles. The zero-order valence-electron chi connectivity index (χ0n) is 18.8. The van der Waals surface area contributed by atoms with Crippen molar-refractivity contribution in [1.82, 2.24) is 14.5 Å². The maximum atomic E-state index is 13.0. The van der Waals surface area contributed by atoms with Crippen molar-refractivity contribution in [1.29, 1.82) is 0 Å². The Balaban J connectivity index is 1.71.